The van der Waals surface area contributed by atoms with Crippen molar-refractivity contribution in [2.45, 2.75) is 12.5 Å². The molecule has 0 N–H and O–H groups in total. The van der Waals surface area contributed by atoms with Gasteiger partial charge >= 0.3 is 0 Å². The number of hydrazone groups is 1. The van der Waals surface area contributed by atoms with Crippen LogP contribution >= 0.6 is 27.5 Å². The second-order valence-electron chi connectivity index (χ2n) is 3.32. The fourth-order valence-corrected chi connectivity index (χ4v) is 2.27. The van der Waals surface area contributed by atoms with Crippen LogP contribution in [0.4, 0.5) is 0 Å². The van der Waals surface area contributed by atoms with Gasteiger partial charge in [0.2, 0.25) is 0 Å². The minimum absolute atomic E-state index is 0.335. The van der Waals surface area contributed by atoms with Crippen LogP contribution in [0.5, 0.6) is 0 Å². The summed E-state index contributed by atoms with van der Waals surface area (Å²) in [5, 5.41) is 7.04. The molecular formula is C10H10BrClN2. The van der Waals surface area contributed by atoms with Crippen LogP contribution in [0.2, 0.25) is 5.02 Å². The molecule has 1 aromatic rings. The molecule has 1 heterocycles. The first-order valence-electron chi connectivity index (χ1n) is 4.38. The number of hydrogen-bond donors (Lipinski definition) is 0. The zero-order valence-corrected chi connectivity index (χ0v) is 10.1. The van der Waals surface area contributed by atoms with E-state index >= 15 is 0 Å². The maximum atomic E-state index is 5.83. The van der Waals surface area contributed by atoms with E-state index in [1.807, 2.05) is 36.3 Å². The monoisotopic (exact) mass is 272 g/mol. The van der Waals surface area contributed by atoms with Gasteiger partial charge in [0.1, 0.15) is 4.62 Å². The molecule has 1 atom stereocenters. The molecule has 0 saturated carbocycles. The van der Waals surface area contributed by atoms with Crippen LogP contribution in [0, 0.1) is 0 Å². The lowest BCUT2D eigenvalue weighted by Gasteiger charge is -2.18. The molecule has 0 amide bonds. The Morgan fingerprint density at radius 2 is 2.07 bits per heavy atom. The van der Waals surface area contributed by atoms with Gasteiger partial charge in [0.05, 0.1) is 6.04 Å². The number of benzene rings is 1. The van der Waals surface area contributed by atoms with Gasteiger partial charge in [-0.25, -0.2) is 0 Å². The fourth-order valence-electron chi connectivity index (χ4n) is 1.59. The van der Waals surface area contributed by atoms with Gasteiger partial charge in [-0.15, -0.1) is 0 Å². The maximum Gasteiger partial charge on any atom is 0.105 e. The van der Waals surface area contributed by atoms with E-state index in [2.05, 4.69) is 21.0 Å². The lowest BCUT2D eigenvalue weighted by Crippen LogP contribution is -2.13. The predicted molar refractivity (Wildman–Crippen MR) is 62.9 cm³/mol. The molecule has 14 heavy (non-hydrogen) atoms. The molecule has 0 fully saturated rings. The molecule has 1 unspecified atom stereocenters. The summed E-state index contributed by atoms with van der Waals surface area (Å²) < 4.78 is 1.000. The Labute approximate surface area is 96.7 Å². The predicted octanol–water partition coefficient (Wildman–Crippen LogP) is 3.43. The Balaban J connectivity index is 2.21. The topological polar surface area (TPSA) is 15.6 Å². The first kappa shape index (κ1) is 9.99. The summed E-state index contributed by atoms with van der Waals surface area (Å²) in [5.74, 6) is 0. The lowest BCUT2D eigenvalue weighted by molar-refractivity contribution is 0.290. The largest absolute Gasteiger partial charge is 0.291 e. The van der Waals surface area contributed by atoms with Crippen LogP contribution in [0.3, 0.4) is 0 Å². The van der Waals surface area contributed by atoms with Gasteiger partial charge in [-0.2, -0.15) is 5.10 Å². The minimum atomic E-state index is 0.335. The van der Waals surface area contributed by atoms with Crippen molar-refractivity contribution in [2.75, 3.05) is 7.05 Å². The van der Waals surface area contributed by atoms with Crippen molar-refractivity contribution in [1.29, 1.82) is 0 Å². The van der Waals surface area contributed by atoms with Gasteiger partial charge in [0.25, 0.3) is 0 Å². The van der Waals surface area contributed by atoms with E-state index in [0.29, 0.717) is 6.04 Å². The highest BCUT2D eigenvalue weighted by Crippen LogP contribution is 2.31. The molecule has 0 aliphatic carbocycles. The highest BCUT2D eigenvalue weighted by Gasteiger charge is 2.23. The van der Waals surface area contributed by atoms with Crippen molar-refractivity contribution in [3.8, 4) is 0 Å². The Bertz CT molecular complexity index is 361. The smallest absolute Gasteiger partial charge is 0.105 e. The quantitative estimate of drug-likeness (QED) is 0.765. The number of halogens is 2. The molecule has 2 rings (SSSR count). The highest BCUT2D eigenvalue weighted by molar-refractivity contribution is 9.18. The van der Waals surface area contributed by atoms with E-state index in [4.69, 9.17) is 11.6 Å². The molecule has 0 saturated heterocycles. The van der Waals surface area contributed by atoms with Crippen LogP contribution in [-0.4, -0.2) is 16.7 Å². The zero-order valence-electron chi connectivity index (χ0n) is 7.74. The third-order valence-electron chi connectivity index (χ3n) is 2.33. The van der Waals surface area contributed by atoms with Gasteiger partial charge in [-0.1, -0.05) is 23.7 Å². The Hall–Kier alpha value is -0.540. The molecule has 0 radical (unpaired) electrons. The molecule has 4 heteroatoms. The Kier molecular flexibility index (Phi) is 2.79. The van der Waals surface area contributed by atoms with Crippen LogP contribution in [0.1, 0.15) is 18.0 Å². The van der Waals surface area contributed by atoms with Gasteiger partial charge in [0, 0.05) is 18.5 Å². The molecule has 1 aromatic carbocycles. The summed E-state index contributed by atoms with van der Waals surface area (Å²) in [6.45, 7) is 0. The number of hydrogen-bond acceptors (Lipinski definition) is 2. The average molecular weight is 274 g/mol. The van der Waals surface area contributed by atoms with Crippen molar-refractivity contribution in [1.82, 2.24) is 5.01 Å². The number of rotatable bonds is 1. The summed E-state index contributed by atoms with van der Waals surface area (Å²) in [4.78, 5) is 0. The normalized spacial score (nSPS) is 21.2. The zero-order chi connectivity index (χ0) is 10.1. The summed E-state index contributed by atoms with van der Waals surface area (Å²) in [7, 11) is 1.98. The maximum absolute atomic E-state index is 5.83. The van der Waals surface area contributed by atoms with Gasteiger partial charge in [0.15, 0.2) is 0 Å². The summed E-state index contributed by atoms with van der Waals surface area (Å²) in [6.07, 6.45) is 0.929. The molecule has 0 spiro atoms. The molecule has 1 aliphatic heterocycles. The third kappa shape index (κ3) is 1.93. The van der Waals surface area contributed by atoms with Crippen molar-refractivity contribution in [3.63, 3.8) is 0 Å². The van der Waals surface area contributed by atoms with E-state index in [9.17, 15) is 0 Å². The van der Waals surface area contributed by atoms with Gasteiger partial charge in [-0.05, 0) is 33.6 Å². The molecule has 74 valence electrons. The first-order valence-corrected chi connectivity index (χ1v) is 5.55. The molecular weight excluding hydrogens is 263 g/mol. The highest BCUT2D eigenvalue weighted by atomic mass is 79.9. The summed E-state index contributed by atoms with van der Waals surface area (Å²) in [6, 6.07) is 8.25. The van der Waals surface area contributed by atoms with E-state index in [1.165, 1.54) is 5.56 Å². The summed E-state index contributed by atoms with van der Waals surface area (Å²) in [5.41, 5.74) is 1.25. The Morgan fingerprint density at radius 3 is 2.57 bits per heavy atom. The minimum Gasteiger partial charge on any atom is -0.291 e. The van der Waals surface area contributed by atoms with Crippen LogP contribution < -0.4 is 0 Å². The van der Waals surface area contributed by atoms with Gasteiger partial charge in [-0.3, -0.25) is 5.01 Å². The van der Waals surface area contributed by atoms with Crippen molar-refractivity contribution >= 4 is 32.2 Å². The summed E-state index contributed by atoms with van der Waals surface area (Å²) >= 11 is 9.24. The Morgan fingerprint density at radius 1 is 1.43 bits per heavy atom. The molecule has 0 aromatic heterocycles. The van der Waals surface area contributed by atoms with Gasteiger partial charge < -0.3 is 0 Å². The van der Waals surface area contributed by atoms with Crippen LogP contribution in [0.25, 0.3) is 0 Å². The first-order chi connectivity index (χ1) is 6.66. The van der Waals surface area contributed by atoms with Crippen molar-refractivity contribution < 1.29 is 0 Å². The standard InChI is InChI=1S/C10H10BrClN2/c1-14-9(6-10(11)13-14)7-2-4-8(12)5-3-7/h2-5,9H,6H2,1H3. The second kappa shape index (κ2) is 3.91. The van der Waals surface area contributed by atoms with Crippen molar-refractivity contribution in [2.24, 2.45) is 5.10 Å². The lowest BCUT2D eigenvalue weighted by atomic mass is 10.1. The van der Waals surface area contributed by atoms with Crippen LogP contribution in [0.15, 0.2) is 29.4 Å². The molecule has 1 aliphatic rings. The van der Waals surface area contributed by atoms with E-state index in [1.54, 1.807) is 0 Å². The SMILES string of the molecule is CN1N=C(Br)CC1c1ccc(Cl)cc1. The molecule has 2 nitrogen and oxygen atoms in total. The molecule has 0 bridgehead atoms. The van der Waals surface area contributed by atoms with Crippen LogP contribution in [-0.2, 0) is 0 Å². The van der Waals surface area contributed by atoms with E-state index in [-0.39, 0.29) is 0 Å². The fraction of sp³-hybridized carbons (Fsp3) is 0.300. The van der Waals surface area contributed by atoms with E-state index in [0.717, 1.165) is 16.1 Å². The number of nitrogens with zero attached hydrogens (tertiary/aromatic N) is 2. The van der Waals surface area contributed by atoms with Crippen molar-refractivity contribution in [3.05, 3.63) is 34.9 Å². The second-order valence-corrected chi connectivity index (χ2v) is 4.67. The average Bonchev–Trinajstić information content (AvgIpc) is 2.47. The van der Waals surface area contributed by atoms with E-state index < -0.39 is 0 Å². The third-order valence-corrected chi connectivity index (χ3v) is 3.07.